The third-order valence-electron chi connectivity index (χ3n) is 4.05. The maximum Gasteiger partial charge on any atom is 0.191 e. The predicted octanol–water partition coefficient (Wildman–Crippen LogP) is 2.01. The lowest BCUT2D eigenvalue weighted by atomic mass is 10.00. The first-order chi connectivity index (χ1) is 8.90. The van der Waals surface area contributed by atoms with Gasteiger partial charge in [0.2, 0.25) is 0 Å². The van der Waals surface area contributed by atoms with Crippen molar-refractivity contribution in [2.45, 2.75) is 46.1 Å². The molecule has 2 N–H and O–H groups in total. The number of piperidine rings is 1. The van der Waals surface area contributed by atoms with Crippen LogP contribution in [-0.4, -0.2) is 55.5 Å². The molecule has 1 saturated heterocycles. The van der Waals surface area contributed by atoms with Crippen LogP contribution < -0.4 is 5.73 Å². The minimum absolute atomic E-state index is 0.488. The summed E-state index contributed by atoms with van der Waals surface area (Å²) in [5.41, 5.74) is 6.13. The molecule has 0 aromatic carbocycles. The molecule has 0 radical (unpaired) electrons. The maximum atomic E-state index is 6.13. The third-order valence-corrected chi connectivity index (χ3v) is 4.05. The summed E-state index contributed by atoms with van der Waals surface area (Å²) in [6.45, 7) is 9.77. The van der Waals surface area contributed by atoms with Gasteiger partial charge in [0.1, 0.15) is 0 Å². The Kier molecular flexibility index (Phi) is 6.63. The van der Waals surface area contributed by atoms with Crippen LogP contribution in [0.5, 0.6) is 0 Å². The summed E-state index contributed by atoms with van der Waals surface area (Å²) in [5, 5.41) is 0. The van der Waals surface area contributed by atoms with Gasteiger partial charge >= 0.3 is 0 Å². The quantitative estimate of drug-likeness (QED) is 0.613. The summed E-state index contributed by atoms with van der Waals surface area (Å²) in [6, 6.07) is 0.488. The highest BCUT2D eigenvalue weighted by molar-refractivity contribution is 5.78. The van der Waals surface area contributed by atoms with Crippen molar-refractivity contribution >= 4 is 5.96 Å². The third kappa shape index (κ3) is 5.81. The van der Waals surface area contributed by atoms with E-state index in [0.29, 0.717) is 12.0 Å². The number of nitrogens with two attached hydrogens (primary N) is 1. The van der Waals surface area contributed by atoms with E-state index >= 15 is 0 Å². The molecule has 1 rings (SSSR count). The average molecular weight is 268 g/mol. The standard InChI is InChI=1S/C15H32N4/c1-12(2)10-14(18(4)5)11-17-15(16)19-8-6-13(3)7-9-19/h12-14H,6-11H2,1-5H3,(H2,16,17). The second kappa shape index (κ2) is 7.73. The van der Waals surface area contributed by atoms with Crippen LogP contribution in [0.1, 0.15) is 40.0 Å². The molecule has 0 amide bonds. The van der Waals surface area contributed by atoms with Gasteiger partial charge in [-0.3, -0.25) is 4.99 Å². The number of likely N-dealkylation sites (N-methyl/N-ethyl adjacent to an activating group) is 1. The molecule has 0 aliphatic carbocycles. The molecular weight excluding hydrogens is 236 g/mol. The van der Waals surface area contributed by atoms with Gasteiger partial charge in [0.25, 0.3) is 0 Å². The van der Waals surface area contributed by atoms with Crippen molar-refractivity contribution in [2.75, 3.05) is 33.7 Å². The van der Waals surface area contributed by atoms with Crippen molar-refractivity contribution in [1.82, 2.24) is 9.80 Å². The first-order valence-corrected chi connectivity index (χ1v) is 7.61. The summed E-state index contributed by atoms with van der Waals surface area (Å²) >= 11 is 0. The molecule has 4 nitrogen and oxygen atoms in total. The van der Waals surface area contributed by atoms with Gasteiger partial charge in [-0.15, -0.1) is 0 Å². The number of nitrogens with zero attached hydrogens (tertiary/aromatic N) is 3. The molecule has 4 heteroatoms. The minimum atomic E-state index is 0.488. The lowest BCUT2D eigenvalue weighted by Gasteiger charge is -2.31. The van der Waals surface area contributed by atoms with E-state index in [1.807, 2.05) is 0 Å². The van der Waals surface area contributed by atoms with E-state index in [0.717, 1.165) is 31.5 Å². The van der Waals surface area contributed by atoms with E-state index in [9.17, 15) is 0 Å². The minimum Gasteiger partial charge on any atom is -0.370 e. The van der Waals surface area contributed by atoms with Gasteiger partial charge < -0.3 is 15.5 Å². The first kappa shape index (κ1) is 16.3. The van der Waals surface area contributed by atoms with E-state index in [1.54, 1.807) is 0 Å². The molecule has 1 atom stereocenters. The second-order valence-corrected chi connectivity index (χ2v) is 6.62. The molecule has 0 spiro atoms. The largest absolute Gasteiger partial charge is 0.370 e. The Bertz CT molecular complexity index is 278. The molecule has 1 unspecified atom stereocenters. The number of guanidine groups is 1. The summed E-state index contributed by atoms with van der Waals surface area (Å²) < 4.78 is 0. The molecule has 0 bridgehead atoms. The molecule has 19 heavy (non-hydrogen) atoms. The second-order valence-electron chi connectivity index (χ2n) is 6.62. The van der Waals surface area contributed by atoms with Gasteiger partial charge in [-0.05, 0) is 45.2 Å². The highest BCUT2D eigenvalue weighted by atomic mass is 15.3. The van der Waals surface area contributed by atoms with Gasteiger partial charge in [-0.2, -0.15) is 0 Å². The van der Waals surface area contributed by atoms with Gasteiger partial charge in [-0.1, -0.05) is 20.8 Å². The highest BCUT2D eigenvalue weighted by Crippen LogP contribution is 2.16. The van der Waals surface area contributed by atoms with Crippen molar-refractivity contribution in [3.8, 4) is 0 Å². The van der Waals surface area contributed by atoms with E-state index in [-0.39, 0.29) is 0 Å². The van der Waals surface area contributed by atoms with Gasteiger partial charge in [0.15, 0.2) is 5.96 Å². The van der Waals surface area contributed by atoms with Crippen molar-refractivity contribution < 1.29 is 0 Å². The van der Waals surface area contributed by atoms with Crippen molar-refractivity contribution in [1.29, 1.82) is 0 Å². The Hall–Kier alpha value is -0.770. The molecule has 1 fully saturated rings. The number of aliphatic imine (C=N–C) groups is 1. The zero-order chi connectivity index (χ0) is 14.4. The van der Waals surface area contributed by atoms with Crippen LogP contribution in [-0.2, 0) is 0 Å². The van der Waals surface area contributed by atoms with Crippen LogP contribution in [0, 0.1) is 11.8 Å². The fourth-order valence-electron chi connectivity index (χ4n) is 2.53. The van der Waals surface area contributed by atoms with Crippen LogP contribution in [0.15, 0.2) is 4.99 Å². The maximum absolute atomic E-state index is 6.13. The van der Waals surface area contributed by atoms with Gasteiger partial charge in [0.05, 0.1) is 6.54 Å². The van der Waals surface area contributed by atoms with Crippen LogP contribution in [0.25, 0.3) is 0 Å². The number of rotatable bonds is 5. The number of hydrogen-bond donors (Lipinski definition) is 1. The lowest BCUT2D eigenvalue weighted by Crippen LogP contribution is -2.43. The Morgan fingerprint density at radius 2 is 1.89 bits per heavy atom. The molecular formula is C15H32N4. The molecule has 0 saturated carbocycles. The SMILES string of the molecule is CC(C)CC(CN=C(N)N1CCC(C)CC1)N(C)C. The van der Waals surface area contributed by atoms with Gasteiger partial charge in [-0.25, -0.2) is 0 Å². The summed E-state index contributed by atoms with van der Waals surface area (Å²) in [5.74, 6) is 2.27. The summed E-state index contributed by atoms with van der Waals surface area (Å²) in [4.78, 5) is 9.12. The molecule has 1 heterocycles. The Labute approximate surface area is 119 Å². The fraction of sp³-hybridized carbons (Fsp3) is 0.933. The summed E-state index contributed by atoms with van der Waals surface area (Å²) in [7, 11) is 4.25. The number of likely N-dealkylation sites (tertiary alicyclic amines) is 1. The van der Waals surface area contributed by atoms with Crippen molar-refractivity contribution in [3.63, 3.8) is 0 Å². The van der Waals surface area contributed by atoms with E-state index in [4.69, 9.17) is 5.73 Å². The lowest BCUT2D eigenvalue weighted by molar-refractivity contribution is 0.256. The fourth-order valence-corrected chi connectivity index (χ4v) is 2.53. The first-order valence-electron chi connectivity index (χ1n) is 7.61. The Balaban J connectivity index is 2.48. The Morgan fingerprint density at radius 3 is 2.37 bits per heavy atom. The molecule has 112 valence electrons. The molecule has 1 aliphatic heterocycles. The summed E-state index contributed by atoms with van der Waals surface area (Å²) in [6.07, 6.45) is 3.64. The smallest absolute Gasteiger partial charge is 0.191 e. The van der Waals surface area contributed by atoms with Crippen LogP contribution in [0.4, 0.5) is 0 Å². The Morgan fingerprint density at radius 1 is 1.32 bits per heavy atom. The van der Waals surface area contributed by atoms with E-state index in [1.165, 1.54) is 19.3 Å². The van der Waals surface area contributed by atoms with Gasteiger partial charge in [0, 0.05) is 19.1 Å². The van der Waals surface area contributed by atoms with Crippen LogP contribution >= 0.6 is 0 Å². The topological polar surface area (TPSA) is 44.9 Å². The van der Waals surface area contributed by atoms with E-state index in [2.05, 4.69) is 49.7 Å². The zero-order valence-corrected chi connectivity index (χ0v) is 13.4. The normalized spacial score (nSPS) is 20.4. The zero-order valence-electron chi connectivity index (χ0n) is 13.4. The highest BCUT2D eigenvalue weighted by Gasteiger charge is 2.18. The average Bonchev–Trinajstić information content (AvgIpc) is 2.34. The molecule has 1 aliphatic rings. The van der Waals surface area contributed by atoms with Crippen molar-refractivity contribution in [2.24, 2.45) is 22.6 Å². The van der Waals surface area contributed by atoms with Crippen molar-refractivity contribution in [3.05, 3.63) is 0 Å². The predicted molar refractivity (Wildman–Crippen MR) is 83.4 cm³/mol. The molecule has 0 aromatic rings. The monoisotopic (exact) mass is 268 g/mol. The van der Waals surface area contributed by atoms with Crippen LogP contribution in [0.2, 0.25) is 0 Å². The molecule has 0 aromatic heterocycles. The number of hydrogen-bond acceptors (Lipinski definition) is 2. The van der Waals surface area contributed by atoms with Crippen LogP contribution in [0.3, 0.4) is 0 Å². The van der Waals surface area contributed by atoms with E-state index < -0.39 is 0 Å².